The normalized spacial score (nSPS) is 10.8. The summed E-state index contributed by atoms with van der Waals surface area (Å²) in [5.41, 5.74) is 0.681. The lowest BCUT2D eigenvalue weighted by Gasteiger charge is -2.07. The number of nitrogens with one attached hydrogen (secondary N) is 1. The van der Waals surface area contributed by atoms with Crippen LogP contribution in [0.3, 0.4) is 0 Å². The van der Waals surface area contributed by atoms with E-state index in [4.69, 9.17) is 13.6 Å². The van der Waals surface area contributed by atoms with Crippen molar-refractivity contribution in [3.8, 4) is 17.1 Å². The zero-order chi connectivity index (χ0) is 20.2. The van der Waals surface area contributed by atoms with Gasteiger partial charge in [0.25, 0.3) is 5.91 Å². The van der Waals surface area contributed by atoms with Gasteiger partial charge in [-0.25, -0.2) is 9.18 Å². The van der Waals surface area contributed by atoms with Crippen molar-refractivity contribution in [3.05, 3.63) is 88.7 Å². The Bertz CT molecular complexity index is 1210. The Morgan fingerprint density at radius 2 is 1.76 bits per heavy atom. The van der Waals surface area contributed by atoms with Crippen LogP contribution in [-0.4, -0.2) is 12.5 Å². The van der Waals surface area contributed by atoms with Gasteiger partial charge in [-0.05, 0) is 54.6 Å². The van der Waals surface area contributed by atoms with E-state index in [0.717, 1.165) is 10.9 Å². The van der Waals surface area contributed by atoms with Crippen molar-refractivity contribution >= 4 is 16.9 Å². The number of ether oxygens (including phenoxy) is 1. The summed E-state index contributed by atoms with van der Waals surface area (Å²) in [5, 5.41) is 3.46. The van der Waals surface area contributed by atoms with Gasteiger partial charge >= 0.3 is 5.63 Å². The van der Waals surface area contributed by atoms with Crippen molar-refractivity contribution in [1.82, 2.24) is 5.32 Å². The van der Waals surface area contributed by atoms with E-state index in [9.17, 15) is 14.0 Å². The summed E-state index contributed by atoms with van der Waals surface area (Å²) in [5.74, 6) is 0.910. The lowest BCUT2D eigenvalue weighted by molar-refractivity contribution is -0.123. The summed E-state index contributed by atoms with van der Waals surface area (Å²) >= 11 is 0. The minimum Gasteiger partial charge on any atom is -0.484 e. The molecule has 7 heteroatoms. The molecule has 0 aliphatic heterocycles. The molecule has 2 aromatic heterocycles. The van der Waals surface area contributed by atoms with E-state index >= 15 is 0 Å². The second-order valence-electron chi connectivity index (χ2n) is 6.29. The van der Waals surface area contributed by atoms with Crippen LogP contribution in [0.15, 0.2) is 80.4 Å². The summed E-state index contributed by atoms with van der Waals surface area (Å²) in [6.45, 7) is -0.00984. The maximum atomic E-state index is 13.0. The lowest BCUT2D eigenvalue weighted by Crippen LogP contribution is -2.28. The first-order valence-electron chi connectivity index (χ1n) is 8.85. The van der Waals surface area contributed by atoms with E-state index in [1.807, 2.05) is 0 Å². The third-order valence-corrected chi connectivity index (χ3v) is 4.21. The van der Waals surface area contributed by atoms with Crippen molar-refractivity contribution in [2.75, 3.05) is 6.61 Å². The Kier molecular flexibility index (Phi) is 5.11. The summed E-state index contributed by atoms with van der Waals surface area (Å²) in [6.07, 6.45) is 0. The molecule has 0 unspecified atom stereocenters. The van der Waals surface area contributed by atoms with Gasteiger partial charge in [0, 0.05) is 23.1 Å². The molecule has 0 spiro atoms. The number of carbonyl (C=O) groups is 1. The lowest BCUT2D eigenvalue weighted by atomic mass is 10.2. The first kappa shape index (κ1) is 18.5. The van der Waals surface area contributed by atoms with Crippen LogP contribution in [0, 0.1) is 5.82 Å². The molecule has 1 N–H and O–H groups in total. The van der Waals surface area contributed by atoms with E-state index in [0.29, 0.717) is 22.9 Å². The average molecular weight is 393 g/mol. The summed E-state index contributed by atoms with van der Waals surface area (Å²) in [6, 6.07) is 17.4. The number of carbonyl (C=O) groups excluding carboxylic acids is 1. The van der Waals surface area contributed by atoms with Gasteiger partial charge in [0.05, 0.1) is 6.54 Å². The summed E-state index contributed by atoms with van der Waals surface area (Å²) in [7, 11) is 0. The number of fused-ring (bicyclic) bond motifs is 1. The maximum Gasteiger partial charge on any atom is 0.336 e. The van der Waals surface area contributed by atoms with Gasteiger partial charge < -0.3 is 18.9 Å². The van der Waals surface area contributed by atoms with Gasteiger partial charge in [-0.2, -0.15) is 0 Å². The molecular formula is C22H16FNO5. The highest BCUT2D eigenvalue weighted by atomic mass is 19.1. The molecule has 29 heavy (non-hydrogen) atoms. The molecule has 1 amide bonds. The molecular weight excluding hydrogens is 377 g/mol. The van der Waals surface area contributed by atoms with E-state index in [1.165, 1.54) is 18.2 Å². The second-order valence-corrected chi connectivity index (χ2v) is 6.29. The average Bonchev–Trinajstić information content (AvgIpc) is 3.20. The van der Waals surface area contributed by atoms with Gasteiger partial charge in [0.15, 0.2) is 6.61 Å². The predicted octanol–water partition coefficient (Wildman–Crippen LogP) is 3.89. The molecule has 0 saturated heterocycles. The van der Waals surface area contributed by atoms with Crippen LogP contribution in [0.2, 0.25) is 0 Å². The smallest absolute Gasteiger partial charge is 0.336 e. The van der Waals surface area contributed by atoms with E-state index < -0.39 is 5.63 Å². The minimum absolute atomic E-state index is 0.190. The third-order valence-electron chi connectivity index (χ3n) is 4.21. The topological polar surface area (TPSA) is 81.7 Å². The molecule has 4 rings (SSSR count). The summed E-state index contributed by atoms with van der Waals surface area (Å²) < 4.78 is 29.2. The molecule has 6 nitrogen and oxygen atoms in total. The molecule has 2 heterocycles. The highest BCUT2D eigenvalue weighted by molar-refractivity contribution is 5.79. The molecule has 0 aliphatic rings. The fourth-order valence-corrected chi connectivity index (χ4v) is 2.76. The van der Waals surface area contributed by atoms with Crippen LogP contribution >= 0.6 is 0 Å². The molecule has 0 fully saturated rings. The fraction of sp³-hybridized carbons (Fsp3) is 0.0909. The highest BCUT2D eigenvalue weighted by Gasteiger charge is 2.08. The summed E-state index contributed by atoms with van der Waals surface area (Å²) in [4.78, 5) is 23.3. The molecule has 0 aliphatic carbocycles. The van der Waals surface area contributed by atoms with Crippen LogP contribution in [0.25, 0.3) is 22.3 Å². The number of hydrogen-bond donors (Lipinski definition) is 1. The largest absolute Gasteiger partial charge is 0.484 e. The van der Waals surface area contributed by atoms with E-state index in [2.05, 4.69) is 5.32 Å². The standard InChI is InChI=1S/C22H16FNO5/c23-16-5-1-14(2-6-16)19-9-8-18(28-19)12-24-21(25)13-27-17-7-3-15-4-10-22(26)29-20(15)11-17/h1-11H,12-13H2,(H,24,25). The molecule has 2 aromatic carbocycles. The minimum atomic E-state index is -0.453. The van der Waals surface area contributed by atoms with Gasteiger partial charge in [0.2, 0.25) is 0 Å². The van der Waals surface area contributed by atoms with Crippen molar-refractivity contribution in [2.45, 2.75) is 6.54 Å². The fourth-order valence-electron chi connectivity index (χ4n) is 2.76. The van der Waals surface area contributed by atoms with E-state index in [1.54, 1.807) is 48.5 Å². The monoisotopic (exact) mass is 393 g/mol. The van der Waals surface area contributed by atoms with Crippen LogP contribution < -0.4 is 15.7 Å². The first-order chi connectivity index (χ1) is 14.1. The molecule has 0 radical (unpaired) electrons. The van der Waals surface area contributed by atoms with Crippen molar-refractivity contribution < 1.29 is 22.8 Å². The zero-order valence-electron chi connectivity index (χ0n) is 15.2. The van der Waals surface area contributed by atoms with Crippen LogP contribution in [0.4, 0.5) is 4.39 Å². The molecule has 0 bridgehead atoms. The Hall–Kier alpha value is -3.87. The van der Waals surface area contributed by atoms with Gasteiger partial charge in [-0.3, -0.25) is 4.79 Å². The highest BCUT2D eigenvalue weighted by Crippen LogP contribution is 2.22. The number of halogens is 1. The zero-order valence-corrected chi connectivity index (χ0v) is 15.2. The Balaban J connectivity index is 1.31. The third kappa shape index (κ3) is 4.52. The molecule has 4 aromatic rings. The number of furan rings is 1. The van der Waals surface area contributed by atoms with E-state index in [-0.39, 0.29) is 24.9 Å². The Labute approximate surface area is 164 Å². The predicted molar refractivity (Wildman–Crippen MR) is 104 cm³/mol. The van der Waals surface area contributed by atoms with Crippen LogP contribution in [0.1, 0.15) is 5.76 Å². The SMILES string of the molecule is O=C(COc1ccc2ccc(=O)oc2c1)NCc1ccc(-c2ccc(F)cc2)o1. The second kappa shape index (κ2) is 8.02. The molecule has 0 saturated carbocycles. The molecule has 0 atom stereocenters. The maximum absolute atomic E-state index is 13.0. The van der Waals surface area contributed by atoms with Gasteiger partial charge in [-0.1, -0.05) is 0 Å². The quantitative estimate of drug-likeness (QED) is 0.503. The van der Waals surface area contributed by atoms with Crippen LogP contribution in [-0.2, 0) is 11.3 Å². The first-order valence-corrected chi connectivity index (χ1v) is 8.85. The van der Waals surface area contributed by atoms with Crippen molar-refractivity contribution in [3.63, 3.8) is 0 Å². The number of rotatable bonds is 6. The number of benzene rings is 2. The van der Waals surface area contributed by atoms with Crippen molar-refractivity contribution in [1.29, 1.82) is 0 Å². The van der Waals surface area contributed by atoms with Crippen LogP contribution in [0.5, 0.6) is 5.75 Å². The van der Waals surface area contributed by atoms with Gasteiger partial charge in [-0.15, -0.1) is 0 Å². The Morgan fingerprint density at radius 1 is 0.966 bits per heavy atom. The Morgan fingerprint density at radius 3 is 2.59 bits per heavy atom. The van der Waals surface area contributed by atoms with Gasteiger partial charge in [0.1, 0.15) is 28.7 Å². The number of amides is 1. The number of hydrogen-bond acceptors (Lipinski definition) is 5. The molecule has 146 valence electrons. The van der Waals surface area contributed by atoms with Crippen molar-refractivity contribution in [2.24, 2.45) is 0 Å².